The minimum Gasteiger partial charge on any atom is -0.462 e. The van der Waals surface area contributed by atoms with E-state index in [4.69, 9.17) is 23.8 Å². The van der Waals surface area contributed by atoms with Crippen LogP contribution in [0.4, 0.5) is 0 Å². The molecule has 0 aromatic heterocycles. The Morgan fingerprint density at radius 2 is 1.37 bits per heavy atom. The fraction of sp³-hybridized carbons (Fsp3) is 0.897. The molecular formula is C39H73O11P. The van der Waals surface area contributed by atoms with Crippen molar-refractivity contribution in [3.63, 3.8) is 0 Å². The SMILES string of the molecule is CCCCCC1OC1C/C=C\CCCCCCCC(=O)OC[C@H](COP(=O)(O)OC[C@@H](O)CO)OC(=O)CCCCCCCCCCC(C)CC. The van der Waals surface area contributed by atoms with Gasteiger partial charge in [0.25, 0.3) is 0 Å². The van der Waals surface area contributed by atoms with E-state index in [1.807, 2.05) is 0 Å². The summed E-state index contributed by atoms with van der Waals surface area (Å²) in [6.07, 6.45) is 26.4. The lowest BCUT2D eigenvalue weighted by molar-refractivity contribution is -0.161. The predicted octanol–water partition coefficient (Wildman–Crippen LogP) is 8.90. The van der Waals surface area contributed by atoms with Crippen molar-refractivity contribution in [1.82, 2.24) is 0 Å². The van der Waals surface area contributed by atoms with Crippen LogP contribution in [0.1, 0.15) is 168 Å². The molecule has 1 aliphatic heterocycles. The summed E-state index contributed by atoms with van der Waals surface area (Å²) < 4.78 is 38.4. The maximum absolute atomic E-state index is 12.6. The minimum atomic E-state index is -4.62. The summed E-state index contributed by atoms with van der Waals surface area (Å²) in [5.74, 6) is -0.139. The van der Waals surface area contributed by atoms with Crippen LogP contribution in [0.15, 0.2) is 12.2 Å². The molecule has 3 N–H and O–H groups in total. The number of rotatable bonds is 36. The summed E-state index contributed by atoms with van der Waals surface area (Å²) in [4.78, 5) is 34.9. The van der Waals surface area contributed by atoms with Gasteiger partial charge in [0.2, 0.25) is 0 Å². The first kappa shape index (κ1) is 47.7. The Morgan fingerprint density at radius 1 is 0.765 bits per heavy atom. The van der Waals surface area contributed by atoms with Crippen molar-refractivity contribution >= 4 is 19.8 Å². The van der Waals surface area contributed by atoms with Crippen LogP contribution in [0.3, 0.4) is 0 Å². The van der Waals surface area contributed by atoms with Crippen LogP contribution in [-0.4, -0.2) is 77.9 Å². The molecule has 1 rings (SSSR count). The van der Waals surface area contributed by atoms with Crippen molar-refractivity contribution in [2.75, 3.05) is 26.4 Å². The molecular weight excluding hydrogens is 675 g/mol. The molecule has 1 heterocycles. The number of phosphoric ester groups is 1. The highest BCUT2D eigenvalue weighted by molar-refractivity contribution is 7.47. The second-order valence-corrected chi connectivity index (χ2v) is 15.7. The number of esters is 2. The Kier molecular flexibility index (Phi) is 29.0. The zero-order valence-corrected chi connectivity index (χ0v) is 33.1. The molecule has 1 aliphatic rings. The van der Waals surface area contributed by atoms with Gasteiger partial charge in [-0.05, 0) is 44.4 Å². The Labute approximate surface area is 309 Å². The van der Waals surface area contributed by atoms with Crippen molar-refractivity contribution in [1.29, 1.82) is 0 Å². The van der Waals surface area contributed by atoms with E-state index in [2.05, 4.69) is 37.4 Å². The van der Waals surface area contributed by atoms with E-state index in [1.54, 1.807) is 0 Å². The van der Waals surface area contributed by atoms with E-state index in [9.17, 15) is 24.2 Å². The number of allylic oxidation sites excluding steroid dienone is 1. The van der Waals surface area contributed by atoms with Crippen molar-refractivity contribution in [3.8, 4) is 0 Å². The smallest absolute Gasteiger partial charge is 0.462 e. The number of aliphatic hydroxyl groups excluding tert-OH is 2. The maximum Gasteiger partial charge on any atom is 0.472 e. The van der Waals surface area contributed by atoms with E-state index in [1.165, 1.54) is 64.2 Å². The first-order valence-electron chi connectivity index (χ1n) is 20.2. The normalized spacial score (nSPS) is 18.7. The van der Waals surface area contributed by atoms with Crippen molar-refractivity contribution < 1.29 is 52.5 Å². The third kappa shape index (κ3) is 28.8. The highest BCUT2D eigenvalue weighted by Gasteiger charge is 2.36. The summed E-state index contributed by atoms with van der Waals surface area (Å²) in [6, 6.07) is 0. The molecule has 0 bridgehead atoms. The van der Waals surface area contributed by atoms with Crippen LogP contribution in [-0.2, 0) is 37.4 Å². The largest absolute Gasteiger partial charge is 0.472 e. The number of ether oxygens (including phenoxy) is 3. The lowest BCUT2D eigenvalue weighted by atomic mass is 9.99. The van der Waals surface area contributed by atoms with Gasteiger partial charge in [-0.15, -0.1) is 0 Å². The van der Waals surface area contributed by atoms with E-state index in [0.717, 1.165) is 63.7 Å². The molecule has 0 aromatic carbocycles. The van der Waals surface area contributed by atoms with Gasteiger partial charge in [-0.2, -0.15) is 0 Å². The lowest BCUT2D eigenvalue weighted by Gasteiger charge is -2.20. The number of hydrogen-bond acceptors (Lipinski definition) is 10. The Hall–Kier alpha value is -1.33. The highest BCUT2D eigenvalue weighted by atomic mass is 31.2. The van der Waals surface area contributed by atoms with Gasteiger partial charge in [-0.3, -0.25) is 18.6 Å². The average molecular weight is 749 g/mol. The zero-order chi connectivity index (χ0) is 37.6. The quantitative estimate of drug-likeness (QED) is 0.0184. The van der Waals surface area contributed by atoms with E-state index in [0.29, 0.717) is 25.0 Å². The van der Waals surface area contributed by atoms with Crippen LogP contribution >= 0.6 is 7.82 Å². The van der Waals surface area contributed by atoms with E-state index in [-0.39, 0.29) is 19.4 Å². The standard InChI is InChI=1S/C39H73O11P/c1-4-6-19-25-36-37(50-36)26-21-16-12-8-10-13-17-22-27-38(42)46-31-35(32-48-51(44,45)47-30-34(41)29-40)49-39(43)28-23-18-14-9-7-11-15-20-24-33(3)5-2/h16,21,33-37,40-41H,4-15,17-20,22-32H2,1-3H3,(H,44,45)/b21-16-/t33?,34-,35+,36?,37?/m0/s1. The monoisotopic (exact) mass is 748 g/mol. The third-order valence-electron chi connectivity index (χ3n) is 9.38. The number of epoxide rings is 1. The first-order chi connectivity index (χ1) is 24.6. The molecule has 6 atom stereocenters. The second-order valence-electron chi connectivity index (χ2n) is 14.3. The van der Waals surface area contributed by atoms with Gasteiger partial charge in [0.15, 0.2) is 6.10 Å². The van der Waals surface area contributed by atoms with Gasteiger partial charge >= 0.3 is 19.8 Å². The Bertz CT molecular complexity index is 946. The molecule has 12 heteroatoms. The molecule has 0 aromatic rings. The highest BCUT2D eigenvalue weighted by Crippen LogP contribution is 2.43. The van der Waals surface area contributed by atoms with Crippen LogP contribution in [0.25, 0.3) is 0 Å². The number of phosphoric acid groups is 1. The number of unbranched alkanes of at least 4 members (excludes halogenated alkanes) is 14. The number of aliphatic hydroxyl groups is 2. The van der Waals surface area contributed by atoms with Gasteiger partial charge in [-0.25, -0.2) is 4.57 Å². The summed E-state index contributed by atoms with van der Waals surface area (Å²) in [7, 11) is -4.62. The number of carbonyl (C=O) groups is 2. The fourth-order valence-corrected chi connectivity index (χ4v) is 6.53. The molecule has 0 spiro atoms. The van der Waals surface area contributed by atoms with Gasteiger partial charge in [0.1, 0.15) is 12.7 Å². The summed E-state index contributed by atoms with van der Waals surface area (Å²) in [5.41, 5.74) is 0. The van der Waals surface area contributed by atoms with Crippen molar-refractivity contribution in [2.24, 2.45) is 5.92 Å². The molecule has 4 unspecified atom stereocenters. The number of carbonyl (C=O) groups excluding carboxylic acids is 2. The molecule has 0 aliphatic carbocycles. The van der Waals surface area contributed by atoms with Crippen molar-refractivity contribution in [2.45, 2.75) is 193 Å². The maximum atomic E-state index is 12.6. The van der Waals surface area contributed by atoms with Gasteiger partial charge in [-0.1, -0.05) is 129 Å². The second kappa shape index (κ2) is 31.1. The molecule has 51 heavy (non-hydrogen) atoms. The van der Waals surface area contributed by atoms with Gasteiger partial charge in [0, 0.05) is 12.8 Å². The van der Waals surface area contributed by atoms with E-state index >= 15 is 0 Å². The Morgan fingerprint density at radius 3 is 2.02 bits per heavy atom. The molecule has 300 valence electrons. The minimum absolute atomic E-state index is 0.180. The zero-order valence-electron chi connectivity index (χ0n) is 32.2. The fourth-order valence-electron chi connectivity index (χ4n) is 5.74. The van der Waals surface area contributed by atoms with E-state index < -0.39 is 51.8 Å². The van der Waals surface area contributed by atoms with Crippen LogP contribution in [0, 0.1) is 5.92 Å². The first-order valence-corrected chi connectivity index (χ1v) is 21.7. The molecule has 11 nitrogen and oxygen atoms in total. The van der Waals surface area contributed by atoms with Crippen molar-refractivity contribution in [3.05, 3.63) is 12.2 Å². The average Bonchev–Trinajstić information content (AvgIpc) is 3.87. The topological polar surface area (TPSA) is 161 Å². The third-order valence-corrected chi connectivity index (χ3v) is 10.3. The van der Waals surface area contributed by atoms with Crippen LogP contribution in [0.2, 0.25) is 0 Å². The van der Waals surface area contributed by atoms with Crippen LogP contribution < -0.4 is 0 Å². The van der Waals surface area contributed by atoms with Gasteiger partial charge in [0.05, 0.1) is 32.0 Å². The molecule has 1 fully saturated rings. The molecule has 0 radical (unpaired) electrons. The van der Waals surface area contributed by atoms with Crippen LogP contribution in [0.5, 0.6) is 0 Å². The lowest BCUT2D eigenvalue weighted by Crippen LogP contribution is -2.29. The molecule has 0 amide bonds. The molecule has 1 saturated heterocycles. The Balaban J connectivity index is 2.27. The van der Waals surface area contributed by atoms with Gasteiger partial charge < -0.3 is 29.3 Å². The summed E-state index contributed by atoms with van der Waals surface area (Å²) in [6.45, 7) is 4.63. The molecule has 0 saturated carbocycles. The summed E-state index contributed by atoms with van der Waals surface area (Å²) >= 11 is 0. The predicted molar refractivity (Wildman–Crippen MR) is 200 cm³/mol. The number of hydrogen-bond donors (Lipinski definition) is 3. The summed E-state index contributed by atoms with van der Waals surface area (Å²) in [5, 5.41) is 18.3.